The summed E-state index contributed by atoms with van der Waals surface area (Å²) in [5.74, 6) is 0.105. The lowest BCUT2D eigenvalue weighted by atomic mass is 10.0. The van der Waals surface area contributed by atoms with Gasteiger partial charge in [-0.3, -0.25) is 14.4 Å². The largest absolute Gasteiger partial charge is 0.494 e. The van der Waals surface area contributed by atoms with Crippen molar-refractivity contribution in [3.05, 3.63) is 54.1 Å². The van der Waals surface area contributed by atoms with E-state index in [1.807, 2.05) is 62.4 Å². The molecular weight excluding hydrogens is 394 g/mol. The number of carbonyl (C=O) groups excluding carboxylic acids is 3. The Morgan fingerprint density at radius 2 is 1.77 bits per heavy atom. The normalized spacial score (nSPS) is 16.7. The van der Waals surface area contributed by atoms with Crippen LogP contribution < -0.4 is 20.3 Å². The minimum absolute atomic E-state index is 0.0444. The fourth-order valence-corrected chi connectivity index (χ4v) is 3.54. The Balaban J connectivity index is 1.58. The highest BCUT2D eigenvalue weighted by molar-refractivity contribution is 6.00. The van der Waals surface area contributed by atoms with Gasteiger partial charge in [0.2, 0.25) is 17.7 Å². The van der Waals surface area contributed by atoms with Crippen molar-refractivity contribution in [2.45, 2.75) is 39.7 Å². The number of nitrogens with one attached hydrogen (secondary N) is 2. The van der Waals surface area contributed by atoms with Gasteiger partial charge in [0.15, 0.2) is 0 Å². The molecule has 1 saturated heterocycles. The molecule has 0 saturated carbocycles. The molecule has 3 rings (SSSR count). The predicted molar refractivity (Wildman–Crippen MR) is 120 cm³/mol. The minimum atomic E-state index is -0.398. The van der Waals surface area contributed by atoms with Crippen LogP contribution in [0.25, 0.3) is 0 Å². The molecule has 1 aliphatic heterocycles. The molecule has 2 aromatic rings. The number of amides is 3. The van der Waals surface area contributed by atoms with Crippen molar-refractivity contribution in [2.75, 3.05) is 23.4 Å². The quantitative estimate of drug-likeness (QED) is 0.678. The molecule has 0 spiro atoms. The number of anilines is 2. The number of hydrogen-bond acceptors (Lipinski definition) is 4. The molecule has 2 atom stereocenters. The van der Waals surface area contributed by atoms with Crippen molar-refractivity contribution >= 4 is 29.1 Å². The zero-order valence-electron chi connectivity index (χ0n) is 18.2. The van der Waals surface area contributed by atoms with Gasteiger partial charge in [-0.1, -0.05) is 19.1 Å². The molecule has 0 radical (unpaired) electrons. The molecule has 1 heterocycles. The van der Waals surface area contributed by atoms with Crippen molar-refractivity contribution in [2.24, 2.45) is 5.92 Å². The van der Waals surface area contributed by atoms with Crippen LogP contribution in [0.2, 0.25) is 0 Å². The van der Waals surface area contributed by atoms with Gasteiger partial charge < -0.3 is 20.3 Å². The number of benzene rings is 2. The van der Waals surface area contributed by atoms with E-state index < -0.39 is 5.92 Å². The fourth-order valence-electron chi connectivity index (χ4n) is 3.54. The predicted octanol–water partition coefficient (Wildman–Crippen LogP) is 3.66. The Labute approximate surface area is 182 Å². The summed E-state index contributed by atoms with van der Waals surface area (Å²) in [6.45, 7) is 6.55. The van der Waals surface area contributed by atoms with Crippen LogP contribution in [0.15, 0.2) is 48.5 Å². The highest BCUT2D eigenvalue weighted by Gasteiger charge is 2.35. The number of ether oxygens (including phenoxy) is 1. The SMILES string of the molecule is CCOc1ccc(N2CC(C(=O)NC(C)c3ccc(NC(=O)CC)cc3)CC2=O)cc1. The van der Waals surface area contributed by atoms with Crippen LogP contribution in [0.5, 0.6) is 5.75 Å². The zero-order chi connectivity index (χ0) is 22.4. The molecule has 1 fully saturated rings. The third-order valence-corrected chi connectivity index (χ3v) is 5.33. The van der Waals surface area contributed by atoms with Gasteiger partial charge in [-0.15, -0.1) is 0 Å². The van der Waals surface area contributed by atoms with Gasteiger partial charge in [0.1, 0.15) is 5.75 Å². The van der Waals surface area contributed by atoms with Crippen molar-refractivity contribution in [1.29, 1.82) is 0 Å². The standard InChI is InChI=1S/C24H29N3O4/c1-4-22(28)26-19-8-6-17(7-9-19)16(3)25-24(30)18-14-23(29)27(15-18)20-10-12-21(13-11-20)31-5-2/h6-13,16,18H,4-5,14-15H2,1-3H3,(H,25,30)(H,26,28). The average Bonchev–Trinajstić information content (AvgIpc) is 3.16. The van der Waals surface area contributed by atoms with E-state index in [0.29, 0.717) is 19.6 Å². The van der Waals surface area contributed by atoms with Crippen molar-refractivity contribution in [3.8, 4) is 5.75 Å². The second-order valence-electron chi connectivity index (χ2n) is 7.59. The maximum atomic E-state index is 12.8. The van der Waals surface area contributed by atoms with Crippen LogP contribution >= 0.6 is 0 Å². The number of carbonyl (C=O) groups is 3. The highest BCUT2D eigenvalue weighted by atomic mass is 16.5. The van der Waals surface area contributed by atoms with E-state index in [1.165, 1.54) is 0 Å². The van der Waals surface area contributed by atoms with E-state index in [2.05, 4.69) is 10.6 Å². The first-order valence-corrected chi connectivity index (χ1v) is 10.6. The van der Waals surface area contributed by atoms with Crippen LogP contribution in [-0.2, 0) is 14.4 Å². The molecule has 0 aromatic heterocycles. The Bertz CT molecular complexity index is 925. The van der Waals surface area contributed by atoms with Gasteiger partial charge in [-0.05, 0) is 55.8 Å². The number of rotatable bonds is 8. The van der Waals surface area contributed by atoms with Crippen LogP contribution in [0.1, 0.15) is 45.2 Å². The van der Waals surface area contributed by atoms with E-state index in [0.717, 1.165) is 22.7 Å². The second-order valence-corrected chi connectivity index (χ2v) is 7.59. The van der Waals surface area contributed by atoms with E-state index in [4.69, 9.17) is 4.74 Å². The Hall–Kier alpha value is -3.35. The third kappa shape index (κ3) is 5.63. The van der Waals surface area contributed by atoms with Crippen LogP contribution in [0.4, 0.5) is 11.4 Å². The van der Waals surface area contributed by atoms with Gasteiger partial charge in [0.25, 0.3) is 0 Å². The summed E-state index contributed by atoms with van der Waals surface area (Å²) in [6, 6.07) is 14.5. The van der Waals surface area contributed by atoms with Gasteiger partial charge in [-0.25, -0.2) is 0 Å². The Morgan fingerprint density at radius 1 is 1.10 bits per heavy atom. The Morgan fingerprint density at radius 3 is 2.39 bits per heavy atom. The molecule has 0 bridgehead atoms. The molecule has 2 unspecified atom stereocenters. The first-order chi connectivity index (χ1) is 14.9. The van der Waals surface area contributed by atoms with Gasteiger partial charge >= 0.3 is 0 Å². The van der Waals surface area contributed by atoms with Crippen LogP contribution in [0.3, 0.4) is 0 Å². The fraction of sp³-hybridized carbons (Fsp3) is 0.375. The summed E-state index contributed by atoms with van der Waals surface area (Å²) in [7, 11) is 0. The van der Waals surface area contributed by atoms with E-state index >= 15 is 0 Å². The lowest BCUT2D eigenvalue weighted by Crippen LogP contribution is -2.34. The number of hydrogen-bond donors (Lipinski definition) is 2. The molecule has 2 N–H and O–H groups in total. The molecule has 31 heavy (non-hydrogen) atoms. The summed E-state index contributed by atoms with van der Waals surface area (Å²) in [6.07, 6.45) is 0.607. The smallest absolute Gasteiger partial charge is 0.227 e. The van der Waals surface area contributed by atoms with Crippen molar-refractivity contribution < 1.29 is 19.1 Å². The molecule has 2 aromatic carbocycles. The average molecular weight is 424 g/mol. The van der Waals surface area contributed by atoms with E-state index in [1.54, 1.807) is 11.8 Å². The van der Waals surface area contributed by atoms with Gasteiger partial charge in [0.05, 0.1) is 18.6 Å². The topological polar surface area (TPSA) is 87.7 Å². The van der Waals surface area contributed by atoms with Crippen molar-refractivity contribution in [3.63, 3.8) is 0 Å². The maximum absolute atomic E-state index is 12.8. The highest BCUT2D eigenvalue weighted by Crippen LogP contribution is 2.27. The van der Waals surface area contributed by atoms with Crippen LogP contribution in [0, 0.1) is 5.92 Å². The monoisotopic (exact) mass is 423 g/mol. The molecule has 1 aliphatic rings. The zero-order valence-corrected chi connectivity index (χ0v) is 18.2. The molecule has 0 aliphatic carbocycles. The van der Waals surface area contributed by atoms with Crippen molar-refractivity contribution in [1.82, 2.24) is 5.32 Å². The molecule has 164 valence electrons. The first-order valence-electron chi connectivity index (χ1n) is 10.6. The third-order valence-electron chi connectivity index (χ3n) is 5.33. The summed E-state index contributed by atoms with van der Waals surface area (Å²) in [5, 5.41) is 5.80. The second kappa shape index (κ2) is 10.1. The van der Waals surface area contributed by atoms with E-state index in [9.17, 15) is 14.4 Å². The summed E-state index contributed by atoms with van der Waals surface area (Å²) < 4.78 is 5.44. The van der Waals surface area contributed by atoms with Gasteiger partial charge in [-0.2, -0.15) is 0 Å². The first kappa shape index (κ1) is 22.3. The summed E-state index contributed by atoms with van der Waals surface area (Å²) in [4.78, 5) is 38.4. The molecule has 7 nitrogen and oxygen atoms in total. The number of nitrogens with zero attached hydrogens (tertiary/aromatic N) is 1. The molecule has 7 heteroatoms. The van der Waals surface area contributed by atoms with Gasteiger partial charge in [0, 0.05) is 30.8 Å². The molecular formula is C24H29N3O4. The van der Waals surface area contributed by atoms with Crippen LogP contribution in [-0.4, -0.2) is 30.9 Å². The lowest BCUT2D eigenvalue weighted by Gasteiger charge is -2.19. The summed E-state index contributed by atoms with van der Waals surface area (Å²) in [5.41, 5.74) is 2.42. The lowest BCUT2D eigenvalue weighted by molar-refractivity contribution is -0.126. The maximum Gasteiger partial charge on any atom is 0.227 e. The molecule has 3 amide bonds. The van der Waals surface area contributed by atoms with E-state index in [-0.39, 0.29) is 30.2 Å². The Kier molecular flexibility index (Phi) is 7.28. The minimum Gasteiger partial charge on any atom is -0.494 e. The summed E-state index contributed by atoms with van der Waals surface area (Å²) >= 11 is 0.